The Kier molecular flexibility index (Phi) is 4.00. The van der Waals surface area contributed by atoms with E-state index in [0.717, 1.165) is 0 Å². The van der Waals surface area contributed by atoms with E-state index in [1.165, 1.54) is 31.5 Å². The Morgan fingerprint density at radius 3 is 2.31 bits per heavy atom. The van der Waals surface area contributed by atoms with Crippen LogP contribution in [0, 0.1) is 0 Å². The summed E-state index contributed by atoms with van der Waals surface area (Å²) in [5.41, 5.74) is 0. The molecule has 0 aliphatic heterocycles. The molecular weight excluding hydrogens is 160 g/mol. The minimum Gasteiger partial charge on any atom is -0.338 e. The summed E-state index contributed by atoms with van der Waals surface area (Å²) < 4.78 is 2.15. The molecule has 0 fully saturated rings. The second-order valence-corrected chi connectivity index (χ2v) is 3.67. The first kappa shape index (κ1) is 10.3. The van der Waals surface area contributed by atoms with Crippen LogP contribution < -0.4 is 0 Å². The van der Waals surface area contributed by atoms with Gasteiger partial charge in [-0.2, -0.15) is 0 Å². The van der Waals surface area contributed by atoms with Crippen LogP contribution in [0.2, 0.25) is 0 Å². The SMILES string of the molecule is CCCC(CCC)c1nccn1C. The van der Waals surface area contributed by atoms with Gasteiger partial charge >= 0.3 is 0 Å². The summed E-state index contributed by atoms with van der Waals surface area (Å²) in [6.45, 7) is 4.48. The Balaban J connectivity index is 2.69. The smallest absolute Gasteiger partial charge is 0.111 e. The largest absolute Gasteiger partial charge is 0.338 e. The van der Waals surface area contributed by atoms with Crippen molar-refractivity contribution in [3.63, 3.8) is 0 Å². The zero-order valence-corrected chi connectivity index (χ0v) is 8.95. The quantitative estimate of drug-likeness (QED) is 0.680. The Labute approximate surface area is 81.0 Å². The van der Waals surface area contributed by atoms with Crippen LogP contribution in [-0.2, 0) is 7.05 Å². The minimum absolute atomic E-state index is 0.662. The lowest BCUT2D eigenvalue weighted by molar-refractivity contribution is 0.519. The average molecular weight is 180 g/mol. The number of nitrogens with zero attached hydrogens (tertiary/aromatic N) is 2. The van der Waals surface area contributed by atoms with E-state index in [2.05, 4.69) is 30.4 Å². The molecule has 1 aromatic heterocycles. The van der Waals surface area contributed by atoms with Gasteiger partial charge in [-0.25, -0.2) is 4.98 Å². The van der Waals surface area contributed by atoms with Gasteiger partial charge in [0.15, 0.2) is 0 Å². The second-order valence-electron chi connectivity index (χ2n) is 3.67. The molecule has 0 aromatic carbocycles. The van der Waals surface area contributed by atoms with Gasteiger partial charge in [-0.05, 0) is 12.8 Å². The summed E-state index contributed by atoms with van der Waals surface area (Å²) in [6, 6.07) is 0. The van der Waals surface area contributed by atoms with E-state index in [4.69, 9.17) is 0 Å². The second kappa shape index (κ2) is 5.05. The first-order valence-electron chi connectivity index (χ1n) is 5.26. The highest BCUT2D eigenvalue weighted by Gasteiger charge is 2.13. The lowest BCUT2D eigenvalue weighted by atomic mass is 9.97. The van der Waals surface area contributed by atoms with E-state index >= 15 is 0 Å². The van der Waals surface area contributed by atoms with E-state index in [0.29, 0.717) is 5.92 Å². The number of rotatable bonds is 5. The standard InChI is InChI=1S/C11H20N2/c1-4-6-10(7-5-2)11-12-8-9-13(11)3/h8-10H,4-7H2,1-3H3. The molecule has 0 radical (unpaired) electrons. The van der Waals surface area contributed by atoms with Crippen molar-refractivity contribution in [1.29, 1.82) is 0 Å². The molecule has 0 saturated carbocycles. The molecule has 2 heteroatoms. The number of hydrogen-bond acceptors (Lipinski definition) is 1. The molecule has 1 rings (SSSR count). The van der Waals surface area contributed by atoms with Crippen molar-refractivity contribution >= 4 is 0 Å². The number of imidazole rings is 1. The molecule has 0 amide bonds. The molecule has 2 nitrogen and oxygen atoms in total. The van der Waals surface area contributed by atoms with Crippen molar-refractivity contribution in [3.05, 3.63) is 18.2 Å². The lowest BCUT2D eigenvalue weighted by Gasteiger charge is -2.14. The third kappa shape index (κ3) is 2.58. The maximum Gasteiger partial charge on any atom is 0.111 e. The van der Waals surface area contributed by atoms with Crippen LogP contribution in [0.5, 0.6) is 0 Å². The molecule has 0 N–H and O–H groups in total. The van der Waals surface area contributed by atoms with Gasteiger partial charge in [0.1, 0.15) is 5.82 Å². The Bertz CT molecular complexity index is 234. The van der Waals surface area contributed by atoms with Crippen molar-refractivity contribution in [1.82, 2.24) is 9.55 Å². The summed E-state index contributed by atoms with van der Waals surface area (Å²) >= 11 is 0. The summed E-state index contributed by atoms with van der Waals surface area (Å²) in [4.78, 5) is 4.42. The Morgan fingerprint density at radius 2 is 1.92 bits per heavy atom. The monoisotopic (exact) mass is 180 g/mol. The molecule has 0 bridgehead atoms. The van der Waals surface area contributed by atoms with Gasteiger partial charge in [0.25, 0.3) is 0 Å². The first-order valence-corrected chi connectivity index (χ1v) is 5.26. The minimum atomic E-state index is 0.662. The van der Waals surface area contributed by atoms with E-state index in [9.17, 15) is 0 Å². The van der Waals surface area contributed by atoms with Gasteiger partial charge in [0.2, 0.25) is 0 Å². The normalized spacial score (nSPS) is 11.1. The van der Waals surface area contributed by atoms with Crippen molar-refractivity contribution in [2.45, 2.75) is 45.4 Å². The summed E-state index contributed by atoms with van der Waals surface area (Å²) in [7, 11) is 2.08. The highest BCUT2D eigenvalue weighted by Crippen LogP contribution is 2.24. The highest BCUT2D eigenvalue weighted by atomic mass is 15.0. The van der Waals surface area contributed by atoms with Gasteiger partial charge < -0.3 is 4.57 Å². The topological polar surface area (TPSA) is 17.8 Å². The molecule has 0 atom stereocenters. The third-order valence-electron chi connectivity index (χ3n) is 2.50. The fourth-order valence-electron chi connectivity index (χ4n) is 1.87. The molecule has 0 aliphatic rings. The number of hydrogen-bond donors (Lipinski definition) is 0. The van der Waals surface area contributed by atoms with Crippen molar-refractivity contribution in [2.24, 2.45) is 7.05 Å². The van der Waals surface area contributed by atoms with E-state index in [-0.39, 0.29) is 0 Å². The molecule has 74 valence electrons. The average Bonchev–Trinajstić information content (AvgIpc) is 2.51. The number of aromatic nitrogens is 2. The van der Waals surface area contributed by atoms with Gasteiger partial charge in [-0.15, -0.1) is 0 Å². The molecule has 0 saturated heterocycles. The number of aryl methyl sites for hydroxylation is 1. The third-order valence-corrected chi connectivity index (χ3v) is 2.50. The fraction of sp³-hybridized carbons (Fsp3) is 0.727. The van der Waals surface area contributed by atoms with E-state index in [1.807, 2.05) is 12.4 Å². The summed E-state index contributed by atoms with van der Waals surface area (Å²) in [6.07, 6.45) is 8.95. The molecule has 1 heterocycles. The predicted molar refractivity (Wildman–Crippen MR) is 55.8 cm³/mol. The van der Waals surface area contributed by atoms with Crippen molar-refractivity contribution in [3.8, 4) is 0 Å². The van der Waals surface area contributed by atoms with Gasteiger partial charge in [-0.3, -0.25) is 0 Å². The zero-order chi connectivity index (χ0) is 9.68. The van der Waals surface area contributed by atoms with Crippen LogP contribution in [0.25, 0.3) is 0 Å². The molecular formula is C11H20N2. The summed E-state index contributed by atoms with van der Waals surface area (Å²) in [5.74, 6) is 1.92. The maximum absolute atomic E-state index is 4.42. The predicted octanol–water partition coefficient (Wildman–Crippen LogP) is 3.10. The van der Waals surface area contributed by atoms with Crippen molar-refractivity contribution < 1.29 is 0 Å². The van der Waals surface area contributed by atoms with Crippen LogP contribution in [0.4, 0.5) is 0 Å². The van der Waals surface area contributed by atoms with Gasteiger partial charge in [-0.1, -0.05) is 26.7 Å². The lowest BCUT2D eigenvalue weighted by Crippen LogP contribution is -2.05. The fourth-order valence-corrected chi connectivity index (χ4v) is 1.87. The molecule has 0 unspecified atom stereocenters. The molecule has 0 spiro atoms. The van der Waals surface area contributed by atoms with Crippen LogP contribution in [0.1, 0.15) is 51.3 Å². The van der Waals surface area contributed by atoms with E-state index < -0.39 is 0 Å². The first-order chi connectivity index (χ1) is 6.29. The van der Waals surface area contributed by atoms with Crippen LogP contribution in [-0.4, -0.2) is 9.55 Å². The van der Waals surface area contributed by atoms with Gasteiger partial charge in [0, 0.05) is 25.4 Å². The highest BCUT2D eigenvalue weighted by molar-refractivity contribution is 4.99. The maximum atomic E-state index is 4.42. The van der Waals surface area contributed by atoms with Crippen LogP contribution >= 0.6 is 0 Å². The molecule has 1 aromatic rings. The van der Waals surface area contributed by atoms with Crippen molar-refractivity contribution in [2.75, 3.05) is 0 Å². The zero-order valence-electron chi connectivity index (χ0n) is 8.95. The molecule has 13 heavy (non-hydrogen) atoms. The summed E-state index contributed by atoms with van der Waals surface area (Å²) in [5, 5.41) is 0. The van der Waals surface area contributed by atoms with Crippen LogP contribution in [0.3, 0.4) is 0 Å². The Hall–Kier alpha value is -0.790. The van der Waals surface area contributed by atoms with Crippen LogP contribution in [0.15, 0.2) is 12.4 Å². The van der Waals surface area contributed by atoms with Gasteiger partial charge in [0.05, 0.1) is 0 Å². The Morgan fingerprint density at radius 1 is 1.31 bits per heavy atom. The van der Waals surface area contributed by atoms with E-state index in [1.54, 1.807) is 0 Å². The molecule has 0 aliphatic carbocycles.